The highest BCUT2D eigenvalue weighted by Crippen LogP contribution is 2.15. The molecule has 1 aromatic heterocycles. The highest BCUT2D eigenvalue weighted by Gasteiger charge is 2.25. The number of carbonyl (C=O) groups is 2. The molecule has 2 amide bonds. The molecular formula is C12H18N4O2. The first-order valence-corrected chi connectivity index (χ1v) is 6.22. The summed E-state index contributed by atoms with van der Waals surface area (Å²) < 4.78 is 0. The van der Waals surface area contributed by atoms with Gasteiger partial charge >= 0.3 is 11.8 Å². The zero-order valence-corrected chi connectivity index (χ0v) is 10.5. The van der Waals surface area contributed by atoms with Crippen molar-refractivity contribution in [3.63, 3.8) is 0 Å². The Kier molecular flexibility index (Phi) is 3.96. The number of rotatable bonds is 2. The highest BCUT2D eigenvalue weighted by atomic mass is 16.2. The first-order chi connectivity index (χ1) is 8.66. The number of H-pyrrole nitrogens is 1. The van der Waals surface area contributed by atoms with Gasteiger partial charge in [0, 0.05) is 19.3 Å². The lowest BCUT2D eigenvalue weighted by Crippen LogP contribution is -2.46. The Morgan fingerprint density at radius 3 is 2.83 bits per heavy atom. The van der Waals surface area contributed by atoms with Gasteiger partial charge in [-0.25, -0.2) is 0 Å². The van der Waals surface area contributed by atoms with Gasteiger partial charge in [-0.15, -0.1) is 0 Å². The number of piperidine rings is 1. The van der Waals surface area contributed by atoms with Crippen LogP contribution >= 0.6 is 0 Å². The molecule has 2 heterocycles. The topological polar surface area (TPSA) is 78.1 Å². The number of aromatic nitrogens is 2. The number of likely N-dealkylation sites (tertiary alicyclic amines) is 1. The highest BCUT2D eigenvalue weighted by molar-refractivity contribution is 6.34. The van der Waals surface area contributed by atoms with Crippen molar-refractivity contribution in [2.75, 3.05) is 13.1 Å². The third-order valence-electron chi connectivity index (χ3n) is 3.26. The summed E-state index contributed by atoms with van der Waals surface area (Å²) >= 11 is 0. The molecule has 2 N–H and O–H groups in total. The second-order valence-corrected chi connectivity index (χ2v) is 4.74. The lowest BCUT2D eigenvalue weighted by atomic mass is 9.99. The molecule has 1 fully saturated rings. The summed E-state index contributed by atoms with van der Waals surface area (Å²) in [5, 5.41) is 9.09. The Hall–Kier alpha value is -1.85. The zero-order valence-electron chi connectivity index (χ0n) is 10.5. The molecule has 6 heteroatoms. The van der Waals surface area contributed by atoms with E-state index in [1.54, 1.807) is 17.2 Å². The van der Waals surface area contributed by atoms with Crippen LogP contribution in [0.2, 0.25) is 0 Å². The number of nitrogens with one attached hydrogen (secondary N) is 2. The number of amides is 2. The van der Waals surface area contributed by atoms with Crippen molar-refractivity contribution in [3.8, 4) is 0 Å². The maximum Gasteiger partial charge on any atom is 0.311 e. The molecule has 0 unspecified atom stereocenters. The molecule has 6 nitrogen and oxygen atoms in total. The van der Waals surface area contributed by atoms with E-state index in [0.717, 1.165) is 18.5 Å². The Morgan fingerprint density at radius 2 is 2.22 bits per heavy atom. The van der Waals surface area contributed by atoms with Gasteiger partial charge in [0.25, 0.3) is 0 Å². The quantitative estimate of drug-likeness (QED) is 0.740. The molecular weight excluding hydrogens is 232 g/mol. The predicted molar refractivity (Wildman–Crippen MR) is 65.4 cm³/mol. The smallest absolute Gasteiger partial charge is 0.311 e. The van der Waals surface area contributed by atoms with Crippen LogP contribution in [0.5, 0.6) is 0 Å². The molecule has 0 spiro atoms. The molecule has 0 atom stereocenters. The van der Waals surface area contributed by atoms with E-state index in [-0.39, 0.29) is 0 Å². The van der Waals surface area contributed by atoms with Gasteiger partial charge in [-0.3, -0.25) is 14.7 Å². The normalized spacial score (nSPS) is 16.6. The Balaban J connectivity index is 1.79. The van der Waals surface area contributed by atoms with E-state index in [2.05, 4.69) is 22.4 Å². The van der Waals surface area contributed by atoms with E-state index in [4.69, 9.17) is 0 Å². The summed E-state index contributed by atoms with van der Waals surface area (Å²) in [4.78, 5) is 25.2. The van der Waals surface area contributed by atoms with Crippen LogP contribution in [0.15, 0.2) is 12.3 Å². The molecule has 0 saturated carbocycles. The van der Waals surface area contributed by atoms with Gasteiger partial charge in [-0.1, -0.05) is 6.92 Å². The zero-order chi connectivity index (χ0) is 13.0. The van der Waals surface area contributed by atoms with Gasteiger partial charge in [0.15, 0.2) is 0 Å². The summed E-state index contributed by atoms with van der Waals surface area (Å²) in [5.74, 6) is -0.331. The molecule has 0 aliphatic carbocycles. The Morgan fingerprint density at radius 1 is 1.50 bits per heavy atom. The average Bonchev–Trinajstić information content (AvgIpc) is 2.89. The van der Waals surface area contributed by atoms with Crippen LogP contribution in [0.1, 0.15) is 25.5 Å². The number of hydrogen-bond donors (Lipinski definition) is 2. The van der Waals surface area contributed by atoms with Crippen molar-refractivity contribution in [1.29, 1.82) is 0 Å². The van der Waals surface area contributed by atoms with E-state index < -0.39 is 11.8 Å². The minimum Gasteiger partial charge on any atom is -0.342 e. The largest absolute Gasteiger partial charge is 0.342 e. The summed E-state index contributed by atoms with van der Waals surface area (Å²) in [6.45, 7) is 3.82. The maximum atomic E-state index is 11.9. The standard InChI is InChI=1S/C12H18N4O2/c1-9-3-6-16(7-4-9)12(18)11(17)13-8-10-2-5-14-15-10/h2,5,9H,3-4,6-8H2,1H3,(H,13,17)(H,14,15). The number of nitrogens with zero attached hydrogens (tertiary/aromatic N) is 2. The molecule has 0 bridgehead atoms. The van der Waals surface area contributed by atoms with Crippen LogP contribution in [0, 0.1) is 5.92 Å². The van der Waals surface area contributed by atoms with Gasteiger partial charge < -0.3 is 10.2 Å². The molecule has 2 rings (SSSR count). The fourth-order valence-electron chi connectivity index (χ4n) is 1.99. The maximum absolute atomic E-state index is 11.9. The minimum absolute atomic E-state index is 0.300. The molecule has 18 heavy (non-hydrogen) atoms. The monoisotopic (exact) mass is 250 g/mol. The van der Waals surface area contributed by atoms with E-state index >= 15 is 0 Å². The average molecular weight is 250 g/mol. The van der Waals surface area contributed by atoms with Crippen molar-refractivity contribution < 1.29 is 9.59 Å². The molecule has 1 aliphatic rings. The van der Waals surface area contributed by atoms with Gasteiger partial charge in [-0.2, -0.15) is 5.10 Å². The second kappa shape index (κ2) is 5.66. The van der Waals surface area contributed by atoms with E-state index in [0.29, 0.717) is 25.6 Å². The third-order valence-corrected chi connectivity index (χ3v) is 3.26. The van der Waals surface area contributed by atoms with Gasteiger partial charge in [0.1, 0.15) is 0 Å². The first kappa shape index (κ1) is 12.6. The van der Waals surface area contributed by atoms with E-state index in [9.17, 15) is 9.59 Å². The summed E-state index contributed by atoms with van der Waals surface area (Å²) in [6.07, 6.45) is 3.55. The van der Waals surface area contributed by atoms with Crippen molar-refractivity contribution in [3.05, 3.63) is 18.0 Å². The van der Waals surface area contributed by atoms with Crippen molar-refractivity contribution in [1.82, 2.24) is 20.4 Å². The molecule has 0 aromatic carbocycles. The molecule has 98 valence electrons. The molecule has 1 aliphatic heterocycles. The van der Waals surface area contributed by atoms with Crippen LogP contribution in [-0.2, 0) is 16.1 Å². The van der Waals surface area contributed by atoms with Crippen molar-refractivity contribution in [2.24, 2.45) is 5.92 Å². The van der Waals surface area contributed by atoms with Crippen LogP contribution < -0.4 is 5.32 Å². The number of aromatic amines is 1. The van der Waals surface area contributed by atoms with Crippen LogP contribution in [0.25, 0.3) is 0 Å². The summed E-state index contributed by atoms with van der Waals surface area (Å²) in [6, 6.07) is 1.76. The predicted octanol–water partition coefficient (Wildman–Crippen LogP) is 0.284. The van der Waals surface area contributed by atoms with Gasteiger partial charge in [0.2, 0.25) is 0 Å². The fraction of sp³-hybridized carbons (Fsp3) is 0.583. The SMILES string of the molecule is CC1CCN(C(=O)C(=O)NCc2ccn[nH]2)CC1. The molecule has 1 saturated heterocycles. The minimum atomic E-state index is -0.542. The van der Waals surface area contributed by atoms with E-state index in [1.165, 1.54) is 0 Å². The van der Waals surface area contributed by atoms with Crippen LogP contribution in [-0.4, -0.2) is 40.0 Å². The summed E-state index contributed by atoms with van der Waals surface area (Å²) in [5.41, 5.74) is 0.781. The van der Waals surface area contributed by atoms with Crippen molar-refractivity contribution >= 4 is 11.8 Å². The lowest BCUT2D eigenvalue weighted by Gasteiger charge is -2.29. The fourth-order valence-corrected chi connectivity index (χ4v) is 1.99. The number of hydrogen-bond acceptors (Lipinski definition) is 3. The lowest BCUT2D eigenvalue weighted by molar-refractivity contribution is -0.146. The van der Waals surface area contributed by atoms with Gasteiger partial charge in [0.05, 0.1) is 12.2 Å². The molecule has 0 radical (unpaired) electrons. The third kappa shape index (κ3) is 3.09. The van der Waals surface area contributed by atoms with Crippen LogP contribution in [0.3, 0.4) is 0 Å². The summed E-state index contributed by atoms with van der Waals surface area (Å²) in [7, 11) is 0. The first-order valence-electron chi connectivity index (χ1n) is 6.22. The Labute approximate surface area is 106 Å². The number of carbonyl (C=O) groups excluding carboxylic acids is 2. The van der Waals surface area contributed by atoms with Crippen LogP contribution in [0.4, 0.5) is 0 Å². The van der Waals surface area contributed by atoms with Gasteiger partial charge in [-0.05, 0) is 24.8 Å². The Bertz CT molecular complexity index is 408. The van der Waals surface area contributed by atoms with E-state index in [1.807, 2.05) is 0 Å². The second-order valence-electron chi connectivity index (χ2n) is 4.74. The van der Waals surface area contributed by atoms with Crippen molar-refractivity contribution in [2.45, 2.75) is 26.3 Å². The molecule has 1 aromatic rings.